The van der Waals surface area contributed by atoms with E-state index in [4.69, 9.17) is 15.5 Å². The van der Waals surface area contributed by atoms with Gasteiger partial charge in [0.25, 0.3) is 0 Å². The third kappa shape index (κ3) is 3.99. The number of hydrogen-bond donors (Lipinski definition) is 2. The van der Waals surface area contributed by atoms with Crippen molar-refractivity contribution in [1.82, 2.24) is 19.9 Å². The van der Waals surface area contributed by atoms with Crippen LogP contribution >= 0.6 is 0 Å². The van der Waals surface area contributed by atoms with E-state index in [-0.39, 0.29) is 6.10 Å². The number of benzene rings is 1. The van der Waals surface area contributed by atoms with Gasteiger partial charge in [-0.2, -0.15) is 4.98 Å². The van der Waals surface area contributed by atoms with E-state index in [1.807, 2.05) is 18.3 Å². The molecule has 1 aliphatic carbocycles. The predicted molar refractivity (Wildman–Crippen MR) is 123 cm³/mol. The summed E-state index contributed by atoms with van der Waals surface area (Å²) in [6, 6.07) is 4.00. The summed E-state index contributed by atoms with van der Waals surface area (Å²) in [6.45, 7) is 1.95. The van der Waals surface area contributed by atoms with Crippen molar-refractivity contribution in [2.45, 2.75) is 37.8 Å². The fraction of sp³-hybridized carbons (Fsp3) is 0.455. The topological polar surface area (TPSA) is 105 Å². The Balaban J connectivity index is 1.22. The minimum absolute atomic E-state index is 0.134. The molecule has 1 fully saturated rings. The van der Waals surface area contributed by atoms with Crippen molar-refractivity contribution in [2.24, 2.45) is 0 Å². The Kier molecular flexibility index (Phi) is 5.09. The van der Waals surface area contributed by atoms with Gasteiger partial charge < -0.3 is 25.6 Å². The summed E-state index contributed by atoms with van der Waals surface area (Å²) in [5.74, 6) is 2.39. The molecule has 2 aromatic heterocycles. The molecule has 1 aromatic carbocycles. The molecular formula is C22H28N8O. The summed E-state index contributed by atoms with van der Waals surface area (Å²) in [7, 11) is 4.16. The first-order valence-corrected chi connectivity index (χ1v) is 10.8. The van der Waals surface area contributed by atoms with Crippen LogP contribution < -0.4 is 25.6 Å². The van der Waals surface area contributed by atoms with Crippen LogP contribution in [0, 0.1) is 0 Å². The second kappa shape index (κ2) is 8.05. The van der Waals surface area contributed by atoms with Gasteiger partial charge in [-0.3, -0.25) is 4.98 Å². The molecule has 0 atom stereocenters. The average Bonchev–Trinajstić information content (AvgIpc) is 2.78. The second-order valence-electron chi connectivity index (χ2n) is 8.42. The number of nitrogens with zero attached hydrogens (tertiary/aromatic N) is 6. The molecule has 0 spiro atoms. The number of rotatable bonds is 4. The first-order valence-electron chi connectivity index (χ1n) is 10.8. The van der Waals surface area contributed by atoms with E-state index in [1.165, 1.54) is 0 Å². The van der Waals surface area contributed by atoms with Gasteiger partial charge in [-0.1, -0.05) is 0 Å². The van der Waals surface area contributed by atoms with Crippen LogP contribution in [0.25, 0.3) is 11.0 Å². The molecule has 3 N–H and O–H groups in total. The van der Waals surface area contributed by atoms with Crippen molar-refractivity contribution >= 4 is 34.2 Å². The third-order valence-electron chi connectivity index (χ3n) is 6.16. The zero-order chi connectivity index (χ0) is 21.4. The maximum Gasteiger partial charge on any atom is 0.224 e. The molecule has 31 heavy (non-hydrogen) atoms. The van der Waals surface area contributed by atoms with Crippen LogP contribution in [0.2, 0.25) is 0 Å². The molecule has 0 bridgehead atoms. The molecule has 3 heterocycles. The molecule has 0 radical (unpaired) electrons. The van der Waals surface area contributed by atoms with Gasteiger partial charge in [0.2, 0.25) is 5.95 Å². The van der Waals surface area contributed by atoms with Gasteiger partial charge in [-0.15, -0.1) is 0 Å². The summed E-state index contributed by atoms with van der Waals surface area (Å²) in [5.41, 5.74) is 9.26. The lowest BCUT2D eigenvalue weighted by Gasteiger charge is -2.34. The Morgan fingerprint density at radius 2 is 1.77 bits per heavy atom. The molecule has 0 saturated heterocycles. The average molecular weight is 421 g/mol. The normalized spacial score (nSPS) is 21.1. The van der Waals surface area contributed by atoms with Crippen LogP contribution in [-0.4, -0.2) is 59.3 Å². The largest absolute Gasteiger partial charge is 0.488 e. The highest BCUT2D eigenvalue weighted by Crippen LogP contribution is 2.32. The van der Waals surface area contributed by atoms with Crippen LogP contribution in [0.3, 0.4) is 0 Å². The number of fused-ring (bicyclic) bond motifs is 2. The number of nitrogen functional groups attached to an aromatic ring is 1. The van der Waals surface area contributed by atoms with E-state index in [0.29, 0.717) is 23.4 Å². The van der Waals surface area contributed by atoms with Gasteiger partial charge in [0.15, 0.2) is 5.82 Å². The zero-order valence-electron chi connectivity index (χ0n) is 18.0. The van der Waals surface area contributed by atoms with Gasteiger partial charge in [0.1, 0.15) is 11.3 Å². The zero-order valence-corrected chi connectivity index (χ0v) is 18.0. The van der Waals surface area contributed by atoms with Gasteiger partial charge >= 0.3 is 0 Å². The minimum atomic E-state index is 0.134. The van der Waals surface area contributed by atoms with E-state index < -0.39 is 0 Å². The summed E-state index contributed by atoms with van der Waals surface area (Å²) in [5, 5.41) is 3.52. The van der Waals surface area contributed by atoms with E-state index in [9.17, 15) is 0 Å². The Bertz CT molecular complexity index is 1080. The Morgan fingerprint density at radius 3 is 2.61 bits per heavy atom. The smallest absolute Gasteiger partial charge is 0.224 e. The lowest BCUT2D eigenvalue weighted by molar-refractivity contribution is 0.152. The van der Waals surface area contributed by atoms with Crippen molar-refractivity contribution in [1.29, 1.82) is 0 Å². The molecule has 9 nitrogen and oxygen atoms in total. The molecule has 2 aliphatic rings. The second-order valence-corrected chi connectivity index (χ2v) is 8.42. The number of ether oxygens (including phenoxy) is 1. The summed E-state index contributed by atoms with van der Waals surface area (Å²) in [6.07, 6.45) is 9.28. The number of aromatic nitrogens is 4. The Hall–Kier alpha value is -3.36. The van der Waals surface area contributed by atoms with Gasteiger partial charge in [0, 0.05) is 57.4 Å². The molecule has 0 amide bonds. The van der Waals surface area contributed by atoms with Crippen LogP contribution in [0.5, 0.6) is 5.75 Å². The van der Waals surface area contributed by atoms with Gasteiger partial charge in [-0.25, -0.2) is 9.97 Å². The number of likely N-dealkylation sites (N-methyl/N-ethyl adjacent to an activating group) is 2. The number of anilines is 4. The van der Waals surface area contributed by atoms with Crippen LogP contribution in [-0.2, 0) is 0 Å². The van der Waals surface area contributed by atoms with Gasteiger partial charge in [-0.05, 0) is 31.7 Å². The molecule has 5 rings (SSSR count). The van der Waals surface area contributed by atoms with Crippen molar-refractivity contribution < 1.29 is 4.74 Å². The first-order chi connectivity index (χ1) is 15.1. The van der Waals surface area contributed by atoms with Crippen molar-refractivity contribution in [3.05, 3.63) is 30.7 Å². The summed E-state index contributed by atoms with van der Waals surface area (Å²) < 4.78 is 6.29. The lowest BCUT2D eigenvalue weighted by atomic mass is 9.93. The molecular weight excluding hydrogens is 392 g/mol. The summed E-state index contributed by atoms with van der Waals surface area (Å²) >= 11 is 0. The highest BCUT2D eigenvalue weighted by molar-refractivity contribution is 5.84. The fourth-order valence-electron chi connectivity index (χ4n) is 4.35. The predicted octanol–water partition coefficient (Wildman–Crippen LogP) is 2.69. The third-order valence-corrected chi connectivity index (χ3v) is 6.16. The first kappa shape index (κ1) is 19.6. The van der Waals surface area contributed by atoms with E-state index in [2.05, 4.69) is 44.2 Å². The van der Waals surface area contributed by atoms with E-state index in [0.717, 1.165) is 61.3 Å². The molecule has 9 heteroatoms. The van der Waals surface area contributed by atoms with Crippen LogP contribution in [0.4, 0.5) is 23.1 Å². The molecule has 0 unspecified atom stereocenters. The molecule has 1 aliphatic heterocycles. The standard InChI is InChI=1S/C22H28N8O/c1-29-9-10-30(2)21-18(29)13-26-22(28-21)27-15-3-5-16(6-4-15)31-19-12-14(23)11-17-20(19)25-8-7-24-17/h7-8,11-13,15-16H,3-6,9-10,23H2,1-2H3,(H,26,27,28). The maximum atomic E-state index is 6.29. The highest BCUT2D eigenvalue weighted by Gasteiger charge is 2.25. The Labute approximate surface area is 181 Å². The SMILES string of the molecule is CN1CCN(C)c2nc(NC3CCC(Oc4cc(N)cc5nccnc45)CC3)ncc21. The maximum absolute atomic E-state index is 6.29. The van der Waals surface area contributed by atoms with Crippen LogP contribution in [0.15, 0.2) is 30.7 Å². The van der Waals surface area contributed by atoms with Crippen molar-refractivity contribution in [2.75, 3.05) is 48.0 Å². The van der Waals surface area contributed by atoms with Crippen molar-refractivity contribution in [3.8, 4) is 5.75 Å². The monoisotopic (exact) mass is 420 g/mol. The van der Waals surface area contributed by atoms with Gasteiger partial charge in [0.05, 0.1) is 23.5 Å². The number of nitrogens with one attached hydrogen (secondary N) is 1. The van der Waals surface area contributed by atoms with Crippen LogP contribution in [0.1, 0.15) is 25.7 Å². The quantitative estimate of drug-likeness (QED) is 0.616. The van der Waals surface area contributed by atoms with E-state index >= 15 is 0 Å². The number of nitrogens with two attached hydrogens (primary N) is 1. The van der Waals surface area contributed by atoms with Crippen molar-refractivity contribution in [3.63, 3.8) is 0 Å². The molecule has 3 aromatic rings. The molecule has 162 valence electrons. The fourth-order valence-corrected chi connectivity index (χ4v) is 4.35. The lowest BCUT2D eigenvalue weighted by Crippen LogP contribution is -2.38. The number of hydrogen-bond acceptors (Lipinski definition) is 9. The highest BCUT2D eigenvalue weighted by atomic mass is 16.5. The molecule has 1 saturated carbocycles. The summed E-state index contributed by atoms with van der Waals surface area (Å²) in [4.78, 5) is 22.5. The minimum Gasteiger partial charge on any atom is -0.488 e. The Morgan fingerprint density at radius 1 is 1.00 bits per heavy atom. The van der Waals surface area contributed by atoms with E-state index in [1.54, 1.807) is 12.4 Å².